The van der Waals surface area contributed by atoms with Gasteiger partial charge in [0.05, 0.1) is 0 Å². The highest BCUT2D eigenvalue weighted by atomic mass is 35.5. The Hall–Kier alpha value is -1.34. The smallest absolute Gasteiger partial charge is 0.251 e. The lowest BCUT2D eigenvalue weighted by Crippen LogP contribution is -2.34. The molecule has 0 bridgehead atoms. The minimum atomic E-state index is -0.0642. The van der Waals surface area contributed by atoms with E-state index in [1.807, 2.05) is 38.2 Å². The average Bonchev–Trinajstić information content (AvgIpc) is 3.13. The van der Waals surface area contributed by atoms with E-state index < -0.39 is 0 Å². The Morgan fingerprint density at radius 2 is 1.70 bits per heavy atom. The molecule has 0 saturated carbocycles. The third-order valence-electron chi connectivity index (χ3n) is 4.55. The van der Waals surface area contributed by atoms with Gasteiger partial charge in [-0.2, -0.15) is 0 Å². The van der Waals surface area contributed by atoms with Gasteiger partial charge < -0.3 is 20.9 Å². The summed E-state index contributed by atoms with van der Waals surface area (Å²) >= 11 is 0. The molecule has 1 aliphatic rings. The Morgan fingerprint density at radius 3 is 2.30 bits per heavy atom. The maximum Gasteiger partial charge on any atom is 0.251 e. The Bertz CT molecular complexity index is 563. The van der Waals surface area contributed by atoms with Crippen molar-refractivity contribution in [3.05, 3.63) is 35.4 Å². The van der Waals surface area contributed by atoms with Crippen LogP contribution >= 0.6 is 24.8 Å². The Kier molecular flexibility index (Phi) is 13.1. The van der Waals surface area contributed by atoms with Gasteiger partial charge >= 0.3 is 0 Å². The number of hydrogen-bond donors (Lipinski definition) is 3. The number of benzene rings is 1. The summed E-state index contributed by atoms with van der Waals surface area (Å²) in [5, 5.41) is 8.87. The van der Waals surface area contributed by atoms with Gasteiger partial charge in [-0.3, -0.25) is 9.59 Å². The number of hydrogen-bond acceptors (Lipinski definition) is 4. The van der Waals surface area contributed by atoms with Crippen LogP contribution in [0.25, 0.3) is 0 Å². The number of carbonyl (C=O) groups excluding carboxylic acids is 2. The van der Waals surface area contributed by atoms with Crippen LogP contribution in [0.2, 0.25) is 0 Å². The molecular weight excluding hydrogens is 387 g/mol. The van der Waals surface area contributed by atoms with E-state index in [9.17, 15) is 9.59 Å². The standard InChI is InChI=1S/C19H30N4O2.2ClH/c1-15(13-20-2)18(24)22-14-16-5-7-17(8-6-16)19(25)21-9-12-23-10-3-4-11-23;;/h5-8,15,20H,3-4,9-14H2,1-2H3,(H,21,25)(H,22,24);2*1H. The van der Waals surface area contributed by atoms with E-state index in [1.165, 1.54) is 12.8 Å². The van der Waals surface area contributed by atoms with Crippen molar-refractivity contribution in [2.24, 2.45) is 5.92 Å². The number of amides is 2. The first-order chi connectivity index (χ1) is 12.1. The summed E-state index contributed by atoms with van der Waals surface area (Å²) in [5.74, 6) is -0.0823. The summed E-state index contributed by atoms with van der Waals surface area (Å²) in [5.41, 5.74) is 1.64. The molecule has 1 unspecified atom stereocenters. The minimum Gasteiger partial charge on any atom is -0.352 e. The second-order valence-corrected chi connectivity index (χ2v) is 6.68. The van der Waals surface area contributed by atoms with Crippen LogP contribution in [-0.2, 0) is 11.3 Å². The molecule has 0 spiro atoms. The molecular formula is C19H32Cl2N4O2. The number of nitrogens with zero attached hydrogens (tertiary/aromatic N) is 1. The zero-order valence-corrected chi connectivity index (χ0v) is 17.8. The number of likely N-dealkylation sites (tertiary alicyclic amines) is 1. The molecule has 27 heavy (non-hydrogen) atoms. The monoisotopic (exact) mass is 418 g/mol. The highest BCUT2D eigenvalue weighted by molar-refractivity contribution is 5.94. The molecule has 154 valence electrons. The number of rotatable bonds is 9. The molecule has 3 N–H and O–H groups in total. The zero-order valence-electron chi connectivity index (χ0n) is 16.1. The van der Waals surface area contributed by atoms with Gasteiger partial charge in [-0.25, -0.2) is 0 Å². The molecule has 1 heterocycles. The molecule has 1 fully saturated rings. The van der Waals surface area contributed by atoms with Crippen LogP contribution in [-0.4, -0.2) is 56.5 Å². The predicted octanol–water partition coefficient (Wildman–Crippen LogP) is 1.83. The quantitative estimate of drug-likeness (QED) is 0.571. The topological polar surface area (TPSA) is 73.5 Å². The fraction of sp³-hybridized carbons (Fsp3) is 0.579. The van der Waals surface area contributed by atoms with Crippen molar-refractivity contribution < 1.29 is 9.59 Å². The maximum atomic E-state index is 12.2. The molecule has 1 saturated heterocycles. The van der Waals surface area contributed by atoms with Gasteiger partial charge in [0, 0.05) is 37.7 Å². The van der Waals surface area contributed by atoms with E-state index in [4.69, 9.17) is 0 Å². The molecule has 2 rings (SSSR count). The van der Waals surface area contributed by atoms with E-state index >= 15 is 0 Å². The largest absolute Gasteiger partial charge is 0.352 e. The van der Waals surface area contributed by atoms with Crippen LogP contribution in [0, 0.1) is 5.92 Å². The zero-order chi connectivity index (χ0) is 18.1. The molecule has 1 aromatic rings. The lowest BCUT2D eigenvalue weighted by Gasteiger charge is -2.15. The lowest BCUT2D eigenvalue weighted by molar-refractivity contribution is -0.124. The molecule has 6 nitrogen and oxygen atoms in total. The summed E-state index contributed by atoms with van der Waals surface area (Å²) in [6.45, 7) is 6.90. The number of nitrogens with one attached hydrogen (secondary N) is 3. The third-order valence-corrected chi connectivity index (χ3v) is 4.55. The minimum absolute atomic E-state index is 0. The summed E-state index contributed by atoms with van der Waals surface area (Å²) in [4.78, 5) is 26.4. The van der Waals surface area contributed by atoms with Crippen LogP contribution in [0.1, 0.15) is 35.7 Å². The summed E-state index contributed by atoms with van der Waals surface area (Å²) in [6, 6.07) is 7.39. The SMILES string of the molecule is CNCC(C)C(=O)NCc1ccc(C(=O)NCCN2CCCC2)cc1.Cl.Cl. The van der Waals surface area contributed by atoms with Crippen LogP contribution in [0.15, 0.2) is 24.3 Å². The van der Waals surface area contributed by atoms with Gasteiger partial charge in [-0.15, -0.1) is 24.8 Å². The molecule has 0 aliphatic carbocycles. The van der Waals surface area contributed by atoms with Crippen LogP contribution in [0.3, 0.4) is 0 Å². The molecule has 0 aromatic heterocycles. The highest BCUT2D eigenvalue weighted by Gasteiger charge is 2.13. The van der Waals surface area contributed by atoms with E-state index in [-0.39, 0.29) is 42.5 Å². The normalized spacial score (nSPS) is 14.6. The Morgan fingerprint density at radius 1 is 1.07 bits per heavy atom. The molecule has 0 radical (unpaired) electrons. The Balaban J connectivity index is 0.00000338. The second kappa shape index (κ2) is 13.8. The van der Waals surface area contributed by atoms with Gasteiger partial charge in [0.1, 0.15) is 0 Å². The van der Waals surface area contributed by atoms with Crippen LogP contribution in [0.5, 0.6) is 0 Å². The fourth-order valence-corrected chi connectivity index (χ4v) is 2.97. The second-order valence-electron chi connectivity index (χ2n) is 6.68. The first-order valence-corrected chi connectivity index (χ1v) is 9.12. The van der Waals surface area contributed by atoms with Crippen molar-refractivity contribution in [2.45, 2.75) is 26.3 Å². The molecule has 1 atom stereocenters. The highest BCUT2D eigenvalue weighted by Crippen LogP contribution is 2.07. The van der Waals surface area contributed by atoms with Gasteiger partial charge in [0.2, 0.25) is 5.91 Å². The first-order valence-electron chi connectivity index (χ1n) is 9.12. The van der Waals surface area contributed by atoms with Crippen LogP contribution in [0.4, 0.5) is 0 Å². The number of halogens is 2. The van der Waals surface area contributed by atoms with Gasteiger partial charge in [-0.1, -0.05) is 19.1 Å². The molecule has 8 heteroatoms. The molecule has 1 aromatic carbocycles. The summed E-state index contributed by atoms with van der Waals surface area (Å²) in [6.07, 6.45) is 2.53. The van der Waals surface area contributed by atoms with Crippen molar-refractivity contribution >= 4 is 36.6 Å². The van der Waals surface area contributed by atoms with Crippen LogP contribution < -0.4 is 16.0 Å². The van der Waals surface area contributed by atoms with E-state index in [0.29, 0.717) is 25.2 Å². The van der Waals surface area contributed by atoms with E-state index in [2.05, 4.69) is 20.9 Å². The maximum absolute atomic E-state index is 12.2. The van der Waals surface area contributed by atoms with E-state index in [0.717, 1.165) is 25.2 Å². The predicted molar refractivity (Wildman–Crippen MR) is 114 cm³/mol. The average molecular weight is 419 g/mol. The van der Waals surface area contributed by atoms with Gasteiger partial charge in [0.25, 0.3) is 5.91 Å². The lowest BCUT2D eigenvalue weighted by atomic mass is 10.1. The van der Waals surface area contributed by atoms with E-state index in [1.54, 1.807) is 0 Å². The number of carbonyl (C=O) groups is 2. The molecule has 2 amide bonds. The van der Waals surface area contributed by atoms with Crippen molar-refractivity contribution in [1.82, 2.24) is 20.9 Å². The Labute approximate surface area is 174 Å². The van der Waals surface area contributed by atoms with Crippen molar-refractivity contribution in [1.29, 1.82) is 0 Å². The fourth-order valence-electron chi connectivity index (χ4n) is 2.97. The van der Waals surface area contributed by atoms with Gasteiger partial charge in [0.15, 0.2) is 0 Å². The van der Waals surface area contributed by atoms with Crippen molar-refractivity contribution in [3.63, 3.8) is 0 Å². The van der Waals surface area contributed by atoms with Gasteiger partial charge in [-0.05, 0) is 50.7 Å². The van der Waals surface area contributed by atoms with Crippen molar-refractivity contribution in [3.8, 4) is 0 Å². The third kappa shape index (κ3) is 8.93. The summed E-state index contributed by atoms with van der Waals surface area (Å²) in [7, 11) is 1.83. The molecule has 1 aliphatic heterocycles. The van der Waals surface area contributed by atoms with Crippen molar-refractivity contribution in [2.75, 3.05) is 39.8 Å². The summed E-state index contributed by atoms with van der Waals surface area (Å²) < 4.78 is 0. The first kappa shape index (κ1) is 25.7.